The molecule has 6 heteroatoms. The van der Waals surface area contributed by atoms with Crippen molar-refractivity contribution in [2.45, 2.75) is 52.0 Å². The van der Waals surface area contributed by atoms with Gasteiger partial charge in [0.25, 0.3) is 0 Å². The van der Waals surface area contributed by atoms with E-state index in [1.165, 1.54) is 0 Å². The predicted octanol–water partition coefficient (Wildman–Crippen LogP) is 1.75. The number of aliphatic carboxylic acids is 1. The van der Waals surface area contributed by atoms with Gasteiger partial charge in [0.05, 0.1) is 5.41 Å². The second-order valence-electron chi connectivity index (χ2n) is 5.77. The van der Waals surface area contributed by atoms with Crippen LogP contribution in [0, 0.1) is 5.41 Å². The minimum Gasteiger partial charge on any atom is -0.481 e. The fourth-order valence-electron chi connectivity index (χ4n) is 2.22. The normalized spacial score (nSPS) is 18.4. The second kappa shape index (κ2) is 6.92. The number of amides is 2. The highest BCUT2D eigenvalue weighted by molar-refractivity contribution is 5.78. The first-order chi connectivity index (χ1) is 9.37. The van der Waals surface area contributed by atoms with Crippen LogP contribution in [0.1, 0.15) is 46.5 Å². The molecular formula is C14H26N2O4. The lowest BCUT2D eigenvalue weighted by Gasteiger charge is -2.34. The molecule has 0 unspecified atom stereocenters. The monoisotopic (exact) mass is 286 g/mol. The van der Waals surface area contributed by atoms with Gasteiger partial charge in [-0.3, -0.25) is 4.79 Å². The van der Waals surface area contributed by atoms with Crippen LogP contribution in [0.5, 0.6) is 0 Å². The first kappa shape index (κ1) is 16.8. The SMILES string of the molecule is CCC(C)(CC)NC(=O)NCC1(C(=O)O)CCOCC1. The summed E-state index contributed by atoms with van der Waals surface area (Å²) in [4.78, 5) is 23.4. The Labute approximate surface area is 120 Å². The van der Waals surface area contributed by atoms with Gasteiger partial charge in [-0.2, -0.15) is 0 Å². The Morgan fingerprint density at radius 2 is 1.80 bits per heavy atom. The number of ether oxygens (including phenoxy) is 1. The maximum absolute atomic E-state index is 11.9. The van der Waals surface area contributed by atoms with Gasteiger partial charge >= 0.3 is 12.0 Å². The van der Waals surface area contributed by atoms with Gasteiger partial charge in [-0.05, 0) is 32.6 Å². The summed E-state index contributed by atoms with van der Waals surface area (Å²) >= 11 is 0. The molecule has 0 aromatic carbocycles. The summed E-state index contributed by atoms with van der Waals surface area (Å²) in [5.41, 5.74) is -1.15. The second-order valence-corrected chi connectivity index (χ2v) is 5.77. The van der Waals surface area contributed by atoms with Gasteiger partial charge in [0.2, 0.25) is 0 Å². The van der Waals surface area contributed by atoms with Gasteiger partial charge in [-0.1, -0.05) is 13.8 Å². The molecular weight excluding hydrogens is 260 g/mol. The van der Waals surface area contributed by atoms with Crippen LogP contribution >= 0.6 is 0 Å². The highest BCUT2D eigenvalue weighted by Crippen LogP contribution is 2.30. The van der Waals surface area contributed by atoms with E-state index in [4.69, 9.17) is 4.74 Å². The minimum atomic E-state index is -0.898. The molecule has 1 aliphatic rings. The maximum Gasteiger partial charge on any atom is 0.315 e. The Bertz CT molecular complexity index is 347. The van der Waals surface area contributed by atoms with E-state index in [9.17, 15) is 14.7 Å². The van der Waals surface area contributed by atoms with Crippen LogP contribution in [0.25, 0.3) is 0 Å². The minimum absolute atomic E-state index is 0.140. The number of rotatable bonds is 6. The summed E-state index contributed by atoms with van der Waals surface area (Å²) in [5, 5.41) is 15.0. The molecule has 0 atom stereocenters. The Morgan fingerprint density at radius 3 is 2.25 bits per heavy atom. The highest BCUT2D eigenvalue weighted by Gasteiger charge is 2.40. The zero-order valence-electron chi connectivity index (χ0n) is 12.6. The van der Waals surface area contributed by atoms with E-state index in [0.717, 1.165) is 12.8 Å². The van der Waals surface area contributed by atoms with Crippen molar-refractivity contribution in [3.63, 3.8) is 0 Å². The molecule has 0 aliphatic carbocycles. The van der Waals surface area contributed by atoms with Crippen molar-refractivity contribution in [3.8, 4) is 0 Å². The molecule has 1 rings (SSSR count). The Hall–Kier alpha value is -1.30. The van der Waals surface area contributed by atoms with E-state index in [1.807, 2.05) is 20.8 Å². The average Bonchev–Trinajstić information content (AvgIpc) is 2.46. The molecule has 20 heavy (non-hydrogen) atoms. The third kappa shape index (κ3) is 4.10. The molecule has 3 N–H and O–H groups in total. The van der Waals surface area contributed by atoms with Gasteiger partial charge in [-0.25, -0.2) is 4.79 Å². The highest BCUT2D eigenvalue weighted by atomic mass is 16.5. The number of carboxylic acid groups (broad SMARTS) is 1. The zero-order chi connectivity index (χ0) is 15.2. The molecule has 6 nitrogen and oxygen atoms in total. The average molecular weight is 286 g/mol. The smallest absolute Gasteiger partial charge is 0.315 e. The molecule has 1 fully saturated rings. The van der Waals surface area contributed by atoms with Crippen LogP contribution in [-0.2, 0) is 9.53 Å². The molecule has 0 bridgehead atoms. The fourth-order valence-corrected chi connectivity index (χ4v) is 2.22. The standard InChI is InChI=1S/C14H26N2O4/c1-4-13(3,5-2)16-12(19)15-10-14(11(17)18)6-8-20-9-7-14/h4-10H2,1-3H3,(H,17,18)(H2,15,16,19). The van der Waals surface area contributed by atoms with Gasteiger partial charge in [0.15, 0.2) is 0 Å². The van der Waals surface area contributed by atoms with Crippen LogP contribution in [0.2, 0.25) is 0 Å². The van der Waals surface area contributed by atoms with Crippen molar-refractivity contribution in [3.05, 3.63) is 0 Å². The Morgan fingerprint density at radius 1 is 1.25 bits per heavy atom. The van der Waals surface area contributed by atoms with Crippen LogP contribution < -0.4 is 10.6 Å². The zero-order valence-corrected chi connectivity index (χ0v) is 12.6. The number of hydrogen-bond donors (Lipinski definition) is 3. The van der Waals surface area contributed by atoms with E-state index < -0.39 is 11.4 Å². The lowest BCUT2D eigenvalue weighted by Crippen LogP contribution is -2.53. The molecule has 0 aromatic heterocycles. The lowest BCUT2D eigenvalue weighted by atomic mass is 9.80. The molecule has 0 aromatic rings. The molecule has 2 amide bonds. The third-order valence-corrected chi connectivity index (χ3v) is 4.47. The predicted molar refractivity (Wildman–Crippen MR) is 75.6 cm³/mol. The topological polar surface area (TPSA) is 87.7 Å². The number of urea groups is 1. The van der Waals surface area contributed by atoms with Crippen molar-refractivity contribution in [1.82, 2.24) is 10.6 Å². The summed E-state index contributed by atoms with van der Waals surface area (Å²) in [5.74, 6) is -0.866. The van der Waals surface area contributed by atoms with Crippen LogP contribution in [-0.4, -0.2) is 42.4 Å². The van der Waals surface area contributed by atoms with Crippen molar-refractivity contribution in [2.24, 2.45) is 5.41 Å². The number of carbonyl (C=O) groups is 2. The third-order valence-electron chi connectivity index (χ3n) is 4.47. The molecule has 116 valence electrons. The fraction of sp³-hybridized carbons (Fsp3) is 0.857. The number of hydrogen-bond acceptors (Lipinski definition) is 3. The lowest BCUT2D eigenvalue weighted by molar-refractivity contribution is -0.154. The van der Waals surface area contributed by atoms with E-state index in [1.54, 1.807) is 0 Å². The van der Waals surface area contributed by atoms with E-state index in [-0.39, 0.29) is 18.1 Å². The van der Waals surface area contributed by atoms with E-state index >= 15 is 0 Å². The van der Waals surface area contributed by atoms with Crippen molar-refractivity contribution in [2.75, 3.05) is 19.8 Å². The van der Waals surface area contributed by atoms with E-state index in [2.05, 4.69) is 10.6 Å². The Kier molecular flexibility index (Phi) is 5.80. The van der Waals surface area contributed by atoms with Gasteiger partial charge in [0.1, 0.15) is 0 Å². The van der Waals surface area contributed by atoms with Crippen LogP contribution in [0.3, 0.4) is 0 Å². The van der Waals surface area contributed by atoms with Crippen molar-refractivity contribution in [1.29, 1.82) is 0 Å². The van der Waals surface area contributed by atoms with Crippen LogP contribution in [0.4, 0.5) is 4.79 Å². The molecule has 1 saturated heterocycles. The molecule has 0 radical (unpaired) electrons. The molecule has 0 saturated carbocycles. The summed E-state index contributed by atoms with van der Waals surface area (Å²) in [6, 6.07) is -0.302. The van der Waals surface area contributed by atoms with Crippen LogP contribution in [0.15, 0.2) is 0 Å². The number of nitrogens with one attached hydrogen (secondary N) is 2. The number of carbonyl (C=O) groups excluding carboxylic acids is 1. The van der Waals surface area contributed by atoms with Crippen molar-refractivity contribution >= 4 is 12.0 Å². The number of carboxylic acids is 1. The summed E-state index contributed by atoms with van der Waals surface area (Å²) in [6.45, 7) is 7.01. The quantitative estimate of drug-likeness (QED) is 0.694. The summed E-state index contributed by atoms with van der Waals surface area (Å²) < 4.78 is 5.21. The van der Waals surface area contributed by atoms with E-state index in [0.29, 0.717) is 26.1 Å². The largest absolute Gasteiger partial charge is 0.481 e. The van der Waals surface area contributed by atoms with Gasteiger partial charge in [0, 0.05) is 25.3 Å². The first-order valence-corrected chi connectivity index (χ1v) is 7.24. The first-order valence-electron chi connectivity index (χ1n) is 7.24. The van der Waals surface area contributed by atoms with Gasteiger partial charge < -0.3 is 20.5 Å². The summed E-state index contributed by atoms with van der Waals surface area (Å²) in [7, 11) is 0. The molecule has 0 spiro atoms. The molecule has 1 aliphatic heterocycles. The summed E-state index contributed by atoms with van der Waals surface area (Å²) in [6.07, 6.45) is 2.52. The molecule has 1 heterocycles. The van der Waals surface area contributed by atoms with Crippen molar-refractivity contribution < 1.29 is 19.4 Å². The van der Waals surface area contributed by atoms with Gasteiger partial charge in [-0.15, -0.1) is 0 Å². The maximum atomic E-state index is 11.9. The Balaban J connectivity index is 2.55.